The van der Waals surface area contributed by atoms with E-state index in [4.69, 9.17) is 14.6 Å². The van der Waals surface area contributed by atoms with Gasteiger partial charge in [-0.3, -0.25) is 14.8 Å². The number of nitrogens with one attached hydrogen (secondary N) is 1. The molecule has 0 saturated carbocycles. The molecule has 7 nitrogen and oxygen atoms in total. The summed E-state index contributed by atoms with van der Waals surface area (Å²) in [5.41, 5.74) is 7.37. The normalized spacial score (nSPS) is 15.8. The second-order valence-electron chi connectivity index (χ2n) is 8.49. The number of benzene rings is 2. The highest BCUT2D eigenvalue weighted by Crippen LogP contribution is 2.34. The molecule has 3 heterocycles. The van der Waals surface area contributed by atoms with E-state index < -0.39 is 0 Å². The van der Waals surface area contributed by atoms with E-state index in [1.54, 1.807) is 7.11 Å². The Morgan fingerprint density at radius 1 is 1.03 bits per heavy atom. The molecule has 32 heavy (non-hydrogen) atoms. The molecule has 0 aliphatic carbocycles. The molecule has 0 fully saturated rings. The van der Waals surface area contributed by atoms with Gasteiger partial charge < -0.3 is 14.4 Å². The highest BCUT2D eigenvalue weighted by Gasteiger charge is 2.26. The molecule has 0 atom stereocenters. The van der Waals surface area contributed by atoms with Gasteiger partial charge in [0.25, 0.3) is 5.91 Å². The molecule has 2 aliphatic rings. The summed E-state index contributed by atoms with van der Waals surface area (Å²) in [5, 5.41) is 7.94. The third-order valence-electron chi connectivity index (χ3n) is 6.39. The van der Waals surface area contributed by atoms with Gasteiger partial charge in [0.2, 0.25) is 0 Å². The molecule has 0 bridgehead atoms. The molecule has 0 saturated heterocycles. The number of nitrogens with zero attached hydrogens (tertiary/aromatic N) is 3. The summed E-state index contributed by atoms with van der Waals surface area (Å²) in [4.78, 5) is 17.0. The van der Waals surface area contributed by atoms with Crippen molar-refractivity contribution in [1.82, 2.24) is 20.0 Å². The summed E-state index contributed by atoms with van der Waals surface area (Å²) >= 11 is 0. The van der Waals surface area contributed by atoms with Crippen LogP contribution in [0.25, 0.3) is 11.3 Å². The number of hydrogen-bond acceptors (Lipinski definition) is 5. The quantitative estimate of drug-likeness (QED) is 0.671. The SMILES string of the molecule is COc1ccc(OCC(=O)N2CCc3[nH]nc(-c4cccc5c4CN(C)C5)c3CC2)cc1. The highest BCUT2D eigenvalue weighted by atomic mass is 16.5. The number of carbonyl (C=O) groups excluding carboxylic acids is 1. The van der Waals surface area contributed by atoms with Crippen LogP contribution in [0.1, 0.15) is 22.4 Å². The van der Waals surface area contributed by atoms with Gasteiger partial charge in [0.15, 0.2) is 6.61 Å². The molecule has 5 rings (SSSR count). The summed E-state index contributed by atoms with van der Waals surface area (Å²) in [6, 6.07) is 13.8. The Morgan fingerprint density at radius 3 is 2.62 bits per heavy atom. The van der Waals surface area contributed by atoms with Crippen LogP contribution in [0.5, 0.6) is 11.5 Å². The Balaban J connectivity index is 1.27. The Hall–Kier alpha value is -3.32. The average molecular weight is 433 g/mol. The van der Waals surface area contributed by atoms with Crippen LogP contribution in [0.3, 0.4) is 0 Å². The fourth-order valence-electron chi connectivity index (χ4n) is 4.67. The van der Waals surface area contributed by atoms with E-state index in [1.807, 2.05) is 29.2 Å². The molecular weight excluding hydrogens is 404 g/mol. The van der Waals surface area contributed by atoms with Crippen molar-refractivity contribution >= 4 is 5.91 Å². The number of rotatable bonds is 5. The largest absolute Gasteiger partial charge is 0.497 e. The van der Waals surface area contributed by atoms with E-state index in [0.29, 0.717) is 18.8 Å². The Labute approximate surface area is 187 Å². The molecular formula is C25H28N4O3. The van der Waals surface area contributed by atoms with Crippen LogP contribution >= 0.6 is 0 Å². The fourth-order valence-corrected chi connectivity index (χ4v) is 4.67. The molecule has 7 heteroatoms. The van der Waals surface area contributed by atoms with E-state index in [1.165, 1.54) is 22.3 Å². The molecule has 0 spiro atoms. The summed E-state index contributed by atoms with van der Waals surface area (Å²) in [7, 11) is 3.77. The fraction of sp³-hybridized carbons (Fsp3) is 0.360. The van der Waals surface area contributed by atoms with Crippen molar-refractivity contribution in [2.24, 2.45) is 0 Å². The smallest absolute Gasteiger partial charge is 0.260 e. The van der Waals surface area contributed by atoms with Gasteiger partial charge in [-0.25, -0.2) is 0 Å². The standard InChI is InChI=1S/C25H28N4O3/c1-28-14-17-4-3-5-20(22(17)15-28)25-21-10-12-29(13-11-23(21)26-27-25)24(30)16-32-19-8-6-18(31-2)7-9-19/h3-9H,10-16H2,1-2H3,(H,26,27). The van der Waals surface area contributed by atoms with E-state index in [2.05, 4.69) is 35.2 Å². The second-order valence-corrected chi connectivity index (χ2v) is 8.49. The maximum absolute atomic E-state index is 12.8. The van der Waals surface area contributed by atoms with Gasteiger partial charge in [-0.15, -0.1) is 0 Å². The number of amides is 1. The van der Waals surface area contributed by atoms with Gasteiger partial charge >= 0.3 is 0 Å². The maximum atomic E-state index is 12.8. The summed E-state index contributed by atoms with van der Waals surface area (Å²) < 4.78 is 10.9. The van der Waals surface area contributed by atoms with Crippen LogP contribution in [0.15, 0.2) is 42.5 Å². The first kappa shape index (κ1) is 20.6. The zero-order valence-corrected chi connectivity index (χ0v) is 18.6. The van der Waals surface area contributed by atoms with Gasteiger partial charge in [-0.1, -0.05) is 18.2 Å². The van der Waals surface area contributed by atoms with Crippen LogP contribution in [-0.2, 0) is 30.7 Å². The Bertz CT molecular complexity index is 1120. The highest BCUT2D eigenvalue weighted by molar-refractivity contribution is 5.78. The summed E-state index contributed by atoms with van der Waals surface area (Å²) in [6.45, 7) is 3.28. The first-order valence-electron chi connectivity index (χ1n) is 11.0. The molecule has 0 unspecified atom stereocenters. The minimum Gasteiger partial charge on any atom is -0.497 e. The van der Waals surface area contributed by atoms with Crippen LogP contribution < -0.4 is 9.47 Å². The van der Waals surface area contributed by atoms with Crippen molar-refractivity contribution in [3.05, 3.63) is 64.8 Å². The van der Waals surface area contributed by atoms with Crippen molar-refractivity contribution in [2.45, 2.75) is 25.9 Å². The topological polar surface area (TPSA) is 70.7 Å². The lowest BCUT2D eigenvalue weighted by Crippen LogP contribution is -2.36. The number of aromatic nitrogens is 2. The lowest BCUT2D eigenvalue weighted by Gasteiger charge is -2.20. The Morgan fingerprint density at radius 2 is 1.81 bits per heavy atom. The second kappa shape index (κ2) is 8.67. The van der Waals surface area contributed by atoms with Crippen LogP contribution in [0.2, 0.25) is 0 Å². The molecule has 2 aromatic carbocycles. The van der Waals surface area contributed by atoms with Crippen LogP contribution in [-0.4, -0.2) is 59.8 Å². The van der Waals surface area contributed by atoms with E-state index in [0.717, 1.165) is 43.1 Å². The van der Waals surface area contributed by atoms with Crippen molar-refractivity contribution < 1.29 is 14.3 Å². The van der Waals surface area contributed by atoms with E-state index >= 15 is 0 Å². The Kier molecular flexibility index (Phi) is 5.57. The number of methoxy groups -OCH3 is 1. The number of ether oxygens (including phenoxy) is 2. The zero-order chi connectivity index (χ0) is 22.1. The lowest BCUT2D eigenvalue weighted by molar-refractivity contribution is -0.133. The number of fused-ring (bicyclic) bond motifs is 2. The number of aromatic amines is 1. The van der Waals surface area contributed by atoms with Crippen molar-refractivity contribution in [3.63, 3.8) is 0 Å². The number of carbonyl (C=O) groups is 1. The molecule has 3 aromatic rings. The monoisotopic (exact) mass is 432 g/mol. The predicted octanol–water partition coefficient (Wildman–Crippen LogP) is 3.04. The third-order valence-corrected chi connectivity index (χ3v) is 6.39. The number of H-pyrrole nitrogens is 1. The predicted molar refractivity (Wildman–Crippen MR) is 122 cm³/mol. The molecule has 166 valence electrons. The lowest BCUT2D eigenvalue weighted by atomic mass is 9.96. The van der Waals surface area contributed by atoms with Crippen molar-refractivity contribution in [3.8, 4) is 22.8 Å². The first-order valence-corrected chi connectivity index (χ1v) is 11.0. The van der Waals surface area contributed by atoms with Gasteiger partial charge in [0, 0.05) is 49.4 Å². The first-order chi connectivity index (χ1) is 15.6. The molecule has 1 aromatic heterocycles. The number of hydrogen-bond donors (Lipinski definition) is 1. The van der Waals surface area contributed by atoms with Crippen LogP contribution in [0, 0.1) is 0 Å². The minimum atomic E-state index is 0.00251. The molecule has 1 amide bonds. The van der Waals surface area contributed by atoms with Crippen molar-refractivity contribution in [2.75, 3.05) is 33.9 Å². The summed E-state index contributed by atoms with van der Waals surface area (Å²) in [5.74, 6) is 1.42. The maximum Gasteiger partial charge on any atom is 0.260 e. The van der Waals surface area contributed by atoms with Gasteiger partial charge in [-0.2, -0.15) is 5.10 Å². The van der Waals surface area contributed by atoms with Gasteiger partial charge in [0.05, 0.1) is 12.8 Å². The average Bonchev–Trinajstić information content (AvgIpc) is 3.33. The van der Waals surface area contributed by atoms with Crippen LogP contribution in [0.4, 0.5) is 0 Å². The van der Waals surface area contributed by atoms with Gasteiger partial charge in [0.1, 0.15) is 11.5 Å². The third kappa shape index (κ3) is 3.96. The molecule has 1 N–H and O–H groups in total. The van der Waals surface area contributed by atoms with E-state index in [-0.39, 0.29) is 12.5 Å². The minimum absolute atomic E-state index is 0.00251. The molecule has 2 aliphatic heterocycles. The zero-order valence-electron chi connectivity index (χ0n) is 18.6. The molecule has 0 radical (unpaired) electrons. The summed E-state index contributed by atoms with van der Waals surface area (Å²) in [6.07, 6.45) is 1.56. The van der Waals surface area contributed by atoms with E-state index in [9.17, 15) is 4.79 Å². The van der Waals surface area contributed by atoms with Crippen molar-refractivity contribution in [1.29, 1.82) is 0 Å². The van der Waals surface area contributed by atoms with Gasteiger partial charge in [-0.05, 0) is 48.9 Å².